The quantitative estimate of drug-likeness (QED) is 0.633. The highest BCUT2D eigenvalue weighted by molar-refractivity contribution is 5.36. The average Bonchev–Trinajstić information content (AvgIpc) is 2.30. The van der Waals surface area contributed by atoms with E-state index in [0.717, 1.165) is 6.42 Å². The van der Waals surface area contributed by atoms with E-state index in [4.69, 9.17) is 5.84 Å². The van der Waals surface area contributed by atoms with Crippen molar-refractivity contribution in [2.45, 2.75) is 32.7 Å². The number of hydrazine groups is 1. The van der Waals surface area contributed by atoms with Gasteiger partial charge in [-0.2, -0.15) is 0 Å². The first-order valence-corrected chi connectivity index (χ1v) is 5.69. The Bertz CT molecular complexity index is 382. The second-order valence-electron chi connectivity index (χ2n) is 4.12. The van der Waals surface area contributed by atoms with Crippen molar-refractivity contribution in [3.63, 3.8) is 0 Å². The summed E-state index contributed by atoms with van der Waals surface area (Å²) in [7, 11) is 0. The molecular formula is C12H17F3N2O. The van der Waals surface area contributed by atoms with Crippen molar-refractivity contribution in [3.8, 4) is 5.75 Å². The predicted molar refractivity (Wildman–Crippen MR) is 62.6 cm³/mol. The summed E-state index contributed by atoms with van der Waals surface area (Å²) in [4.78, 5) is 0. The fourth-order valence-electron chi connectivity index (χ4n) is 1.75. The van der Waals surface area contributed by atoms with Crippen LogP contribution in [-0.2, 0) is 0 Å². The number of hydrogen-bond acceptors (Lipinski definition) is 3. The minimum Gasteiger partial charge on any atom is -0.405 e. The molecule has 3 N–H and O–H groups in total. The molecular weight excluding hydrogens is 245 g/mol. The van der Waals surface area contributed by atoms with Crippen molar-refractivity contribution in [2.24, 2.45) is 11.8 Å². The van der Waals surface area contributed by atoms with Gasteiger partial charge in [0, 0.05) is 5.56 Å². The Balaban J connectivity index is 3.07. The van der Waals surface area contributed by atoms with Gasteiger partial charge in [-0.1, -0.05) is 38.5 Å². The van der Waals surface area contributed by atoms with Gasteiger partial charge in [-0.15, -0.1) is 13.2 Å². The Hall–Kier alpha value is -1.27. The molecule has 0 radical (unpaired) electrons. The van der Waals surface area contributed by atoms with Crippen LogP contribution < -0.4 is 16.0 Å². The van der Waals surface area contributed by atoms with E-state index in [0.29, 0.717) is 5.56 Å². The SMILES string of the molecule is CCC(C)C(NN)c1ccccc1OC(F)(F)F. The van der Waals surface area contributed by atoms with Crippen molar-refractivity contribution in [1.82, 2.24) is 5.43 Å². The summed E-state index contributed by atoms with van der Waals surface area (Å²) >= 11 is 0. The predicted octanol–water partition coefficient (Wildman–Crippen LogP) is 3.14. The molecule has 102 valence electrons. The van der Waals surface area contributed by atoms with Crippen LogP contribution in [0.1, 0.15) is 31.9 Å². The minimum atomic E-state index is -4.70. The molecule has 0 saturated heterocycles. The summed E-state index contributed by atoms with van der Waals surface area (Å²) in [6.07, 6.45) is -3.92. The molecule has 2 atom stereocenters. The van der Waals surface area contributed by atoms with Gasteiger partial charge in [-0.25, -0.2) is 0 Å². The number of rotatable bonds is 5. The highest BCUT2D eigenvalue weighted by Gasteiger charge is 2.33. The van der Waals surface area contributed by atoms with Gasteiger partial charge < -0.3 is 4.74 Å². The van der Waals surface area contributed by atoms with Crippen molar-refractivity contribution < 1.29 is 17.9 Å². The Morgan fingerprint density at radius 1 is 1.33 bits per heavy atom. The van der Waals surface area contributed by atoms with Crippen LogP contribution in [0, 0.1) is 5.92 Å². The highest BCUT2D eigenvalue weighted by atomic mass is 19.4. The molecule has 6 heteroatoms. The second kappa shape index (κ2) is 6.06. The van der Waals surface area contributed by atoms with Crippen LogP contribution in [0.4, 0.5) is 13.2 Å². The summed E-state index contributed by atoms with van der Waals surface area (Å²) in [5, 5.41) is 0. The second-order valence-corrected chi connectivity index (χ2v) is 4.12. The molecule has 0 aliphatic rings. The van der Waals surface area contributed by atoms with E-state index in [1.54, 1.807) is 12.1 Å². The first-order valence-electron chi connectivity index (χ1n) is 5.69. The summed E-state index contributed by atoms with van der Waals surface area (Å²) in [5.74, 6) is 5.30. The summed E-state index contributed by atoms with van der Waals surface area (Å²) in [5.41, 5.74) is 2.96. The fraction of sp³-hybridized carbons (Fsp3) is 0.500. The largest absolute Gasteiger partial charge is 0.573 e. The zero-order valence-corrected chi connectivity index (χ0v) is 10.3. The number of alkyl halides is 3. The first kappa shape index (κ1) is 14.8. The molecule has 1 aromatic rings. The van der Waals surface area contributed by atoms with Crippen molar-refractivity contribution in [2.75, 3.05) is 0 Å². The number of ether oxygens (including phenoxy) is 1. The lowest BCUT2D eigenvalue weighted by Crippen LogP contribution is -2.33. The van der Waals surface area contributed by atoms with E-state index in [9.17, 15) is 13.2 Å². The van der Waals surface area contributed by atoms with Crippen LogP contribution in [0.2, 0.25) is 0 Å². The molecule has 0 aliphatic heterocycles. The van der Waals surface area contributed by atoms with Crippen LogP contribution in [0.3, 0.4) is 0 Å². The van der Waals surface area contributed by atoms with Crippen LogP contribution in [0.25, 0.3) is 0 Å². The molecule has 0 heterocycles. The van der Waals surface area contributed by atoms with Gasteiger partial charge >= 0.3 is 6.36 Å². The highest BCUT2D eigenvalue weighted by Crippen LogP contribution is 2.33. The van der Waals surface area contributed by atoms with Gasteiger partial charge in [-0.05, 0) is 12.0 Å². The maximum atomic E-state index is 12.3. The Kier molecular flexibility index (Phi) is 4.98. The van der Waals surface area contributed by atoms with Crippen LogP contribution >= 0.6 is 0 Å². The van der Waals surface area contributed by atoms with Crippen molar-refractivity contribution in [3.05, 3.63) is 29.8 Å². The Morgan fingerprint density at radius 3 is 2.44 bits per heavy atom. The van der Waals surface area contributed by atoms with Gasteiger partial charge in [0.25, 0.3) is 0 Å². The molecule has 0 spiro atoms. The maximum Gasteiger partial charge on any atom is 0.573 e. The Morgan fingerprint density at radius 2 is 1.94 bits per heavy atom. The lowest BCUT2D eigenvalue weighted by molar-refractivity contribution is -0.275. The Labute approximate surface area is 104 Å². The normalized spacial score (nSPS) is 15.2. The average molecular weight is 262 g/mol. The third-order valence-electron chi connectivity index (χ3n) is 2.87. The molecule has 3 nitrogen and oxygen atoms in total. The lowest BCUT2D eigenvalue weighted by Gasteiger charge is -2.25. The topological polar surface area (TPSA) is 47.3 Å². The molecule has 0 amide bonds. The molecule has 0 aromatic heterocycles. The van der Waals surface area contributed by atoms with Gasteiger partial charge in [0.2, 0.25) is 0 Å². The smallest absolute Gasteiger partial charge is 0.405 e. The molecule has 2 unspecified atom stereocenters. The first-order chi connectivity index (χ1) is 8.39. The zero-order valence-electron chi connectivity index (χ0n) is 10.3. The minimum absolute atomic E-state index is 0.0907. The zero-order chi connectivity index (χ0) is 13.8. The number of hydrogen-bond donors (Lipinski definition) is 2. The van der Waals surface area contributed by atoms with E-state index in [1.807, 2.05) is 13.8 Å². The van der Waals surface area contributed by atoms with Crippen LogP contribution in [-0.4, -0.2) is 6.36 Å². The van der Waals surface area contributed by atoms with E-state index in [-0.39, 0.29) is 17.7 Å². The van der Waals surface area contributed by atoms with Gasteiger partial charge in [0.1, 0.15) is 5.75 Å². The number of benzene rings is 1. The fourth-order valence-corrected chi connectivity index (χ4v) is 1.75. The number of nitrogens with one attached hydrogen (secondary N) is 1. The van der Waals surface area contributed by atoms with Crippen molar-refractivity contribution >= 4 is 0 Å². The van der Waals surface area contributed by atoms with Crippen LogP contribution in [0.15, 0.2) is 24.3 Å². The lowest BCUT2D eigenvalue weighted by atomic mass is 9.92. The van der Waals surface area contributed by atoms with E-state index < -0.39 is 6.36 Å². The third-order valence-corrected chi connectivity index (χ3v) is 2.87. The van der Waals surface area contributed by atoms with Gasteiger partial charge in [0.15, 0.2) is 0 Å². The summed E-state index contributed by atoms with van der Waals surface area (Å²) in [6.45, 7) is 3.86. The van der Waals surface area contributed by atoms with E-state index in [1.165, 1.54) is 12.1 Å². The van der Waals surface area contributed by atoms with Crippen LogP contribution in [0.5, 0.6) is 5.75 Å². The van der Waals surface area contributed by atoms with Gasteiger partial charge in [0.05, 0.1) is 6.04 Å². The molecule has 0 bridgehead atoms. The van der Waals surface area contributed by atoms with Crippen molar-refractivity contribution in [1.29, 1.82) is 0 Å². The number of halogens is 3. The summed E-state index contributed by atoms with van der Waals surface area (Å²) < 4.78 is 40.9. The van der Waals surface area contributed by atoms with Gasteiger partial charge in [-0.3, -0.25) is 11.3 Å². The standard InChI is InChI=1S/C12H17F3N2O/c1-3-8(2)11(17-16)9-6-4-5-7-10(9)18-12(13,14)15/h4-8,11,17H,3,16H2,1-2H3. The number of para-hydroxylation sites is 1. The molecule has 0 fully saturated rings. The molecule has 18 heavy (non-hydrogen) atoms. The molecule has 0 saturated carbocycles. The molecule has 1 rings (SSSR count). The summed E-state index contributed by atoms with van der Waals surface area (Å²) in [6, 6.07) is 5.64. The third kappa shape index (κ3) is 3.89. The molecule has 0 aliphatic carbocycles. The van der Waals surface area contributed by atoms with E-state index >= 15 is 0 Å². The number of nitrogens with two attached hydrogens (primary N) is 1. The maximum absolute atomic E-state index is 12.3. The van der Waals surface area contributed by atoms with E-state index in [2.05, 4.69) is 10.2 Å². The molecule has 1 aromatic carbocycles. The monoisotopic (exact) mass is 262 g/mol.